The molecule has 2 aromatic rings. The van der Waals surface area contributed by atoms with E-state index in [9.17, 15) is 10.2 Å². The quantitative estimate of drug-likeness (QED) is 0.757. The van der Waals surface area contributed by atoms with Gasteiger partial charge in [0.1, 0.15) is 11.5 Å². The highest BCUT2D eigenvalue weighted by atomic mass is 16.3. The van der Waals surface area contributed by atoms with Crippen molar-refractivity contribution in [3.63, 3.8) is 0 Å². The van der Waals surface area contributed by atoms with Crippen LogP contribution in [0, 0.1) is 0 Å². The highest BCUT2D eigenvalue weighted by Gasteiger charge is 2.31. The monoisotopic (exact) mass is 280 g/mol. The summed E-state index contributed by atoms with van der Waals surface area (Å²) in [6.07, 6.45) is 5.25. The van der Waals surface area contributed by atoms with Crippen LogP contribution in [0.1, 0.15) is 53.4 Å². The van der Waals surface area contributed by atoms with Crippen LogP contribution >= 0.6 is 0 Å². The molecule has 2 aromatic carbocycles. The largest absolute Gasteiger partial charge is 0.508 e. The summed E-state index contributed by atoms with van der Waals surface area (Å²) in [5.41, 5.74) is 4.82. The molecule has 0 spiro atoms. The van der Waals surface area contributed by atoms with Crippen molar-refractivity contribution in [2.24, 2.45) is 0 Å². The molecule has 0 aromatic heterocycles. The normalized spacial score (nSPS) is 23.6. The van der Waals surface area contributed by atoms with Gasteiger partial charge >= 0.3 is 0 Å². The van der Waals surface area contributed by atoms with E-state index >= 15 is 0 Å². The molecule has 0 amide bonds. The Kier molecular flexibility index (Phi) is 2.91. The Morgan fingerprint density at radius 2 is 1.19 bits per heavy atom. The van der Waals surface area contributed by atoms with Crippen LogP contribution in [-0.4, -0.2) is 10.2 Å². The molecule has 2 nitrogen and oxygen atoms in total. The molecule has 0 fully saturated rings. The molecule has 3 aliphatic rings. The topological polar surface area (TPSA) is 40.5 Å². The summed E-state index contributed by atoms with van der Waals surface area (Å²) >= 11 is 0. The van der Waals surface area contributed by atoms with Crippen molar-refractivity contribution in [2.75, 3.05) is 0 Å². The van der Waals surface area contributed by atoms with Gasteiger partial charge in [-0.2, -0.15) is 0 Å². The predicted molar refractivity (Wildman–Crippen MR) is 83.0 cm³/mol. The maximum atomic E-state index is 10.3. The smallest absolute Gasteiger partial charge is 0.119 e. The van der Waals surface area contributed by atoms with E-state index in [1.54, 1.807) is 0 Å². The maximum absolute atomic E-state index is 10.3. The van der Waals surface area contributed by atoms with Crippen LogP contribution < -0.4 is 0 Å². The number of hydrogen-bond acceptors (Lipinski definition) is 2. The van der Waals surface area contributed by atoms with Crippen molar-refractivity contribution in [3.8, 4) is 11.5 Å². The van der Waals surface area contributed by atoms with Gasteiger partial charge < -0.3 is 10.2 Å². The molecule has 21 heavy (non-hydrogen) atoms. The summed E-state index contributed by atoms with van der Waals surface area (Å²) in [6, 6.07) is 11.8. The van der Waals surface area contributed by atoms with E-state index in [0.29, 0.717) is 23.3 Å². The van der Waals surface area contributed by atoms with Crippen molar-refractivity contribution in [3.05, 3.63) is 58.7 Å². The first-order chi connectivity index (χ1) is 10.2. The molecule has 0 heterocycles. The van der Waals surface area contributed by atoms with E-state index in [4.69, 9.17) is 0 Å². The predicted octanol–water partition coefficient (Wildman–Crippen LogP) is 4.25. The molecule has 2 atom stereocenters. The molecular formula is C19H20O2. The highest BCUT2D eigenvalue weighted by molar-refractivity contribution is 5.50. The lowest BCUT2D eigenvalue weighted by Crippen LogP contribution is -2.19. The Balaban J connectivity index is 1.93. The first kappa shape index (κ1) is 12.8. The van der Waals surface area contributed by atoms with Gasteiger partial charge in [0.2, 0.25) is 0 Å². The molecule has 2 heteroatoms. The minimum Gasteiger partial charge on any atom is -0.508 e. The third-order valence-corrected chi connectivity index (χ3v) is 5.20. The van der Waals surface area contributed by atoms with Gasteiger partial charge in [0.25, 0.3) is 0 Å². The van der Waals surface area contributed by atoms with Gasteiger partial charge in [0, 0.05) is 11.1 Å². The van der Waals surface area contributed by atoms with Gasteiger partial charge in [-0.05, 0) is 60.8 Å². The Hall–Kier alpha value is -1.96. The molecule has 5 rings (SSSR count). The molecule has 0 unspecified atom stereocenters. The Morgan fingerprint density at radius 3 is 1.67 bits per heavy atom. The average Bonchev–Trinajstić information content (AvgIpc) is 2.40. The minimum absolute atomic E-state index is 0.364. The number of aromatic hydroxyl groups is 2. The van der Waals surface area contributed by atoms with Crippen LogP contribution in [0.15, 0.2) is 36.4 Å². The number of phenols is 2. The molecule has 3 aliphatic carbocycles. The lowest BCUT2D eigenvalue weighted by molar-refractivity contribution is 0.413. The van der Waals surface area contributed by atoms with Crippen LogP contribution in [0.25, 0.3) is 0 Å². The third kappa shape index (κ3) is 2.01. The standard InChI is InChI=1S/C19H20O2/c20-16-8-2-6-14-10-12-4-1-5-13(18(14)16)11-15-7-3-9-17(21)19(12)15/h2-3,6-9,12-13,20-21H,1,4-5,10-11H2/t12-,13-/m1/s1. The zero-order valence-corrected chi connectivity index (χ0v) is 12.0. The molecular weight excluding hydrogens is 260 g/mol. The molecule has 2 bridgehead atoms. The Morgan fingerprint density at radius 1 is 0.714 bits per heavy atom. The molecule has 0 saturated heterocycles. The zero-order chi connectivity index (χ0) is 14.4. The van der Waals surface area contributed by atoms with Crippen molar-refractivity contribution >= 4 is 0 Å². The van der Waals surface area contributed by atoms with Crippen LogP contribution in [0.5, 0.6) is 11.5 Å². The Bertz CT molecular complexity index is 630. The molecule has 108 valence electrons. The molecule has 0 aliphatic heterocycles. The van der Waals surface area contributed by atoms with E-state index in [-0.39, 0.29) is 0 Å². The van der Waals surface area contributed by atoms with Crippen molar-refractivity contribution in [1.29, 1.82) is 0 Å². The fourth-order valence-electron chi connectivity index (χ4n) is 4.34. The van der Waals surface area contributed by atoms with Gasteiger partial charge in [0.05, 0.1) is 0 Å². The summed E-state index contributed by atoms with van der Waals surface area (Å²) in [6.45, 7) is 0. The van der Waals surface area contributed by atoms with Gasteiger partial charge in [0.15, 0.2) is 0 Å². The average molecular weight is 280 g/mol. The van der Waals surface area contributed by atoms with Crippen LogP contribution in [0.2, 0.25) is 0 Å². The maximum Gasteiger partial charge on any atom is 0.119 e. The lowest BCUT2D eigenvalue weighted by atomic mass is 9.71. The van der Waals surface area contributed by atoms with Gasteiger partial charge in [-0.25, -0.2) is 0 Å². The summed E-state index contributed by atoms with van der Waals surface area (Å²) in [7, 11) is 0. The minimum atomic E-state index is 0.364. The third-order valence-electron chi connectivity index (χ3n) is 5.20. The van der Waals surface area contributed by atoms with E-state index in [2.05, 4.69) is 12.1 Å². The Labute approximate surface area is 125 Å². The highest BCUT2D eigenvalue weighted by Crippen LogP contribution is 2.47. The van der Waals surface area contributed by atoms with Crippen LogP contribution in [-0.2, 0) is 12.8 Å². The number of phenolic OH excluding ortho intramolecular Hbond substituents is 2. The van der Waals surface area contributed by atoms with Gasteiger partial charge in [-0.1, -0.05) is 30.7 Å². The number of benzene rings is 2. The van der Waals surface area contributed by atoms with Crippen molar-refractivity contribution in [2.45, 2.75) is 43.9 Å². The summed E-state index contributed by atoms with van der Waals surface area (Å²) in [5, 5.41) is 20.7. The second-order valence-corrected chi connectivity index (χ2v) is 6.43. The van der Waals surface area contributed by atoms with Crippen LogP contribution in [0.3, 0.4) is 0 Å². The second-order valence-electron chi connectivity index (χ2n) is 6.43. The van der Waals surface area contributed by atoms with E-state index in [0.717, 1.165) is 43.2 Å². The molecule has 0 radical (unpaired) electrons. The summed E-state index contributed by atoms with van der Waals surface area (Å²) in [4.78, 5) is 0. The van der Waals surface area contributed by atoms with Gasteiger partial charge in [-0.3, -0.25) is 0 Å². The number of rotatable bonds is 0. The fraction of sp³-hybridized carbons (Fsp3) is 0.368. The van der Waals surface area contributed by atoms with Crippen molar-refractivity contribution < 1.29 is 10.2 Å². The second kappa shape index (κ2) is 4.80. The van der Waals surface area contributed by atoms with E-state index in [1.807, 2.05) is 24.3 Å². The summed E-state index contributed by atoms with van der Waals surface area (Å²) < 4.78 is 0. The first-order valence-corrected chi connectivity index (χ1v) is 7.85. The molecule has 2 N–H and O–H groups in total. The summed E-state index contributed by atoms with van der Waals surface area (Å²) in [5.74, 6) is 1.62. The lowest BCUT2D eigenvalue weighted by Gasteiger charge is -2.33. The fourth-order valence-corrected chi connectivity index (χ4v) is 4.34. The first-order valence-electron chi connectivity index (χ1n) is 7.85. The SMILES string of the molecule is Oc1cccc2c1[C@@H]1CCC[C@H](C2)c2c(O)cccc2C1. The zero-order valence-electron chi connectivity index (χ0n) is 12.0. The van der Waals surface area contributed by atoms with E-state index < -0.39 is 0 Å². The van der Waals surface area contributed by atoms with Gasteiger partial charge in [-0.15, -0.1) is 0 Å². The molecule has 0 saturated carbocycles. The van der Waals surface area contributed by atoms with Crippen LogP contribution in [0.4, 0.5) is 0 Å². The number of hydrogen-bond donors (Lipinski definition) is 2. The number of fused-ring (bicyclic) bond motifs is 2. The van der Waals surface area contributed by atoms with Crippen molar-refractivity contribution in [1.82, 2.24) is 0 Å². The van der Waals surface area contributed by atoms with E-state index in [1.165, 1.54) is 11.1 Å².